The van der Waals surface area contributed by atoms with Gasteiger partial charge in [0.2, 0.25) is 5.91 Å². The molecule has 1 heterocycles. The number of rotatable bonds is 5. The third-order valence-corrected chi connectivity index (χ3v) is 4.53. The molecule has 3 nitrogen and oxygen atoms in total. The van der Waals surface area contributed by atoms with Gasteiger partial charge in [0.1, 0.15) is 0 Å². The van der Waals surface area contributed by atoms with Gasteiger partial charge in [-0.3, -0.25) is 4.79 Å². The van der Waals surface area contributed by atoms with E-state index < -0.39 is 0 Å². The number of aryl methyl sites for hydroxylation is 2. The first kappa shape index (κ1) is 15.7. The van der Waals surface area contributed by atoms with E-state index in [9.17, 15) is 4.79 Å². The number of thiazole rings is 1. The van der Waals surface area contributed by atoms with Crippen molar-refractivity contribution in [3.63, 3.8) is 0 Å². The molecule has 0 saturated carbocycles. The number of carbonyl (C=O) groups is 1. The zero-order valence-electron chi connectivity index (χ0n) is 13.1. The Balaban J connectivity index is 1.91. The summed E-state index contributed by atoms with van der Waals surface area (Å²) in [5, 5.41) is 6.11. The van der Waals surface area contributed by atoms with E-state index in [-0.39, 0.29) is 5.91 Å². The van der Waals surface area contributed by atoms with Crippen molar-refractivity contribution >= 4 is 22.9 Å². The Hall–Kier alpha value is -1.68. The van der Waals surface area contributed by atoms with Gasteiger partial charge < -0.3 is 5.32 Å². The van der Waals surface area contributed by atoms with Crippen LogP contribution >= 0.6 is 11.3 Å². The number of hydrogen-bond donors (Lipinski definition) is 1. The van der Waals surface area contributed by atoms with Gasteiger partial charge in [0, 0.05) is 23.9 Å². The fourth-order valence-electron chi connectivity index (χ4n) is 2.02. The van der Waals surface area contributed by atoms with Crippen LogP contribution in [-0.4, -0.2) is 10.9 Å². The Morgan fingerprint density at radius 3 is 2.76 bits per heavy atom. The van der Waals surface area contributed by atoms with Gasteiger partial charge in [-0.15, -0.1) is 11.3 Å². The van der Waals surface area contributed by atoms with Gasteiger partial charge in [-0.25, -0.2) is 4.98 Å². The molecule has 0 spiro atoms. The fourth-order valence-corrected chi connectivity index (χ4v) is 2.98. The zero-order chi connectivity index (χ0) is 15.4. The Labute approximate surface area is 130 Å². The molecule has 1 aromatic heterocycles. The summed E-state index contributed by atoms with van der Waals surface area (Å²) in [5.41, 5.74) is 4.34. The van der Waals surface area contributed by atoms with Crippen LogP contribution in [0.5, 0.6) is 0 Å². The minimum Gasteiger partial charge on any atom is -0.326 e. The molecule has 1 amide bonds. The maximum absolute atomic E-state index is 12.1. The molecular formula is C17H22N2OS. The molecular weight excluding hydrogens is 280 g/mol. The van der Waals surface area contributed by atoms with Gasteiger partial charge in [0.05, 0.1) is 10.7 Å². The summed E-state index contributed by atoms with van der Waals surface area (Å²) in [6.45, 7) is 8.34. The van der Waals surface area contributed by atoms with E-state index in [4.69, 9.17) is 0 Å². The second-order valence-corrected chi connectivity index (χ2v) is 6.56. The van der Waals surface area contributed by atoms with E-state index in [1.165, 1.54) is 5.56 Å². The van der Waals surface area contributed by atoms with Crippen LogP contribution < -0.4 is 5.32 Å². The zero-order valence-corrected chi connectivity index (χ0v) is 13.9. The van der Waals surface area contributed by atoms with E-state index in [0.29, 0.717) is 18.8 Å². The van der Waals surface area contributed by atoms with Crippen LogP contribution in [0.3, 0.4) is 0 Å². The van der Waals surface area contributed by atoms with Gasteiger partial charge >= 0.3 is 0 Å². The highest BCUT2D eigenvalue weighted by molar-refractivity contribution is 7.09. The average molecular weight is 302 g/mol. The Kier molecular flexibility index (Phi) is 5.12. The van der Waals surface area contributed by atoms with Gasteiger partial charge in [-0.05, 0) is 37.0 Å². The number of nitrogens with one attached hydrogen (secondary N) is 1. The SMILES string of the molecule is Cc1cccc(NC(=O)CCc2nc(C(C)C)cs2)c1C. The topological polar surface area (TPSA) is 42.0 Å². The van der Waals surface area contributed by atoms with E-state index in [1.54, 1.807) is 11.3 Å². The van der Waals surface area contributed by atoms with Crippen LogP contribution in [0.2, 0.25) is 0 Å². The molecule has 2 aromatic rings. The molecule has 0 unspecified atom stereocenters. The van der Waals surface area contributed by atoms with Crippen molar-refractivity contribution in [1.29, 1.82) is 0 Å². The molecule has 112 valence electrons. The Morgan fingerprint density at radius 2 is 2.10 bits per heavy atom. The van der Waals surface area contributed by atoms with Crippen LogP contribution in [0.25, 0.3) is 0 Å². The van der Waals surface area contributed by atoms with Crippen molar-refractivity contribution in [1.82, 2.24) is 4.98 Å². The lowest BCUT2D eigenvalue weighted by atomic mass is 10.1. The highest BCUT2D eigenvalue weighted by Gasteiger charge is 2.09. The van der Waals surface area contributed by atoms with Crippen LogP contribution in [0.15, 0.2) is 23.6 Å². The number of carbonyl (C=O) groups excluding carboxylic acids is 1. The van der Waals surface area contributed by atoms with E-state index in [1.807, 2.05) is 32.0 Å². The van der Waals surface area contributed by atoms with Crippen LogP contribution in [-0.2, 0) is 11.2 Å². The predicted octanol–water partition coefficient (Wildman–Crippen LogP) is 4.45. The molecule has 0 saturated heterocycles. The second-order valence-electron chi connectivity index (χ2n) is 5.62. The third kappa shape index (κ3) is 4.14. The number of anilines is 1. The molecule has 0 aliphatic rings. The summed E-state index contributed by atoms with van der Waals surface area (Å²) >= 11 is 1.64. The molecule has 2 rings (SSSR count). The van der Waals surface area contributed by atoms with Crippen molar-refractivity contribution in [2.45, 2.75) is 46.5 Å². The number of amides is 1. The molecule has 0 aliphatic carbocycles. The number of aromatic nitrogens is 1. The quantitative estimate of drug-likeness (QED) is 0.886. The summed E-state index contributed by atoms with van der Waals surface area (Å²) in [4.78, 5) is 16.6. The largest absolute Gasteiger partial charge is 0.326 e. The summed E-state index contributed by atoms with van der Waals surface area (Å²) < 4.78 is 0. The van der Waals surface area contributed by atoms with Gasteiger partial charge in [-0.1, -0.05) is 26.0 Å². The first-order chi connectivity index (χ1) is 9.97. The predicted molar refractivity (Wildman–Crippen MR) is 89.1 cm³/mol. The maximum atomic E-state index is 12.1. The molecule has 1 aromatic carbocycles. The van der Waals surface area contributed by atoms with Crippen molar-refractivity contribution in [2.75, 3.05) is 5.32 Å². The molecule has 0 bridgehead atoms. The second kappa shape index (κ2) is 6.85. The Morgan fingerprint density at radius 1 is 1.33 bits per heavy atom. The number of hydrogen-bond acceptors (Lipinski definition) is 3. The standard InChI is InChI=1S/C17H22N2OS/c1-11(2)15-10-21-17(19-15)9-8-16(20)18-14-7-5-6-12(3)13(14)4/h5-7,10-11H,8-9H2,1-4H3,(H,18,20). The maximum Gasteiger partial charge on any atom is 0.224 e. The average Bonchev–Trinajstić information content (AvgIpc) is 2.91. The molecule has 0 aliphatic heterocycles. The van der Waals surface area contributed by atoms with Gasteiger partial charge in [0.15, 0.2) is 0 Å². The van der Waals surface area contributed by atoms with E-state index in [0.717, 1.165) is 22.0 Å². The minimum absolute atomic E-state index is 0.0463. The summed E-state index contributed by atoms with van der Waals surface area (Å²) in [5.74, 6) is 0.490. The summed E-state index contributed by atoms with van der Waals surface area (Å²) in [6.07, 6.45) is 1.17. The lowest BCUT2D eigenvalue weighted by molar-refractivity contribution is -0.116. The van der Waals surface area contributed by atoms with Crippen LogP contribution in [0.4, 0.5) is 5.69 Å². The number of nitrogens with zero attached hydrogens (tertiary/aromatic N) is 1. The molecule has 0 radical (unpaired) electrons. The smallest absolute Gasteiger partial charge is 0.224 e. The molecule has 0 atom stereocenters. The van der Waals surface area contributed by atoms with Crippen LogP contribution in [0, 0.1) is 13.8 Å². The first-order valence-corrected chi connectivity index (χ1v) is 8.15. The van der Waals surface area contributed by atoms with Crippen molar-refractivity contribution in [3.05, 3.63) is 45.4 Å². The third-order valence-electron chi connectivity index (χ3n) is 3.61. The van der Waals surface area contributed by atoms with E-state index in [2.05, 4.69) is 29.5 Å². The minimum atomic E-state index is 0.0463. The van der Waals surface area contributed by atoms with Crippen molar-refractivity contribution in [3.8, 4) is 0 Å². The highest BCUT2D eigenvalue weighted by Crippen LogP contribution is 2.20. The summed E-state index contributed by atoms with van der Waals surface area (Å²) in [6, 6.07) is 5.96. The fraction of sp³-hybridized carbons (Fsp3) is 0.412. The molecule has 0 fully saturated rings. The summed E-state index contributed by atoms with van der Waals surface area (Å²) in [7, 11) is 0. The Bertz CT molecular complexity index is 631. The highest BCUT2D eigenvalue weighted by atomic mass is 32.1. The molecule has 21 heavy (non-hydrogen) atoms. The van der Waals surface area contributed by atoms with Gasteiger partial charge in [-0.2, -0.15) is 0 Å². The lowest BCUT2D eigenvalue weighted by Gasteiger charge is -2.09. The molecule has 1 N–H and O–H groups in total. The lowest BCUT2D eigenvalue weighted by Crippen LogP contribution is -2.13. The first-order valence-electron chi connectivity index (χ1n) is 7.27. The van der Waals surface area contributed by atoms with Gasteiger partial charge in [0.25, 0.3) is 0 Å². The monoisotopic (exact) mass is 302 g/mol. The van der Waals surface area contributed by atoms with E-state index >= 15 is 0 Å². The molecule has 4 heteroatoms. The van der Waals surface area contributed by atoms with Crippen LogP contribution in [0.1, 0.15) is 48.0 Å². The number of benzene rings is 1. The normalized spacial score (nSPS) is 10.9. The van der Waals surface area contributed by atoms with Crippen molar-refractivity contribution < 1.29 is 4.79 Å². The van der Waals surface area contributed by atoms with Crippen molar-refractivity contribution in [2.24, 2.45) is 0 Å².